The number of hydrogen-bond acceptors (Lipinski definition) is 3. The van der Waals surface area contributed by atoms with Crippen LogP contribution in [0.3, 0.4) is 0 Å². The van der Waals surface area contributed by atoms with E-state index in [-0.39, 0.29) is 0 Å². The summed E-state index contributed by atoms with van der Waals surface area (Å²) < 4.78 is 25.2. The Hall–Kier alpha value is -0.870. The molecule has 1 rings (SSSR count). The molecule has 0 amide bonds. The molecule has 0 aromatic heterocycles. The van der Waals surface area contributed by atoms with Crippen LogP contribution in [-0.4, -0.2) is 8.76 Å². The van der Waals surface area contributed by atoms with Crippen LogP contribution in [0.1, 0.15) is 16.7 Å². The molecule has 0 fully saturated rings. The summed E-state index contributed by atoms with van der Waals surface area (Å²) in [4.78, 5) is 0. The van der Waals surface area contributed by atoms with Crippen molar-refractivity contribution < 1.29 is 12.9 Å². The second-order valence-electron chi connectivity index (χ2n) is 2.99. The topological polar surface area (TPSA) is 49.4 Å². The molecular formula is C9H11O3S-. The molecule has 0 saturated carbocycles. The monoisotopic (exact) mass is 199 g/mol. The zero-order valence-electron chi connectivity index (χ0n) is 7.79. The van der Waals surface area contributed by atoms with Gasteiger partial charge in [-0.1, -0.05) is 6.07 Å². The second-order valence-corrected chi connectivity index (χ2v) is 3.56. The minimum atomic E-state index is -2.49. The quantitative estimate of drug-likeness (QED) is 0.682. The zero-order chi connectivity index (χ0) is 10.0. The maximum Gasteiger partial charge on any atom is 0.142 e. The standard InChI is InChI=1S/C9H12O3S/c1-6-4-8(3)9(5-7(6)2)12-13(10)11/h4-5H,1-3H3,(H,10,11)/p-1. The van der Waals surface area contributed by atoms with Gasteiger partial charge < -0.3 is 8.74 Å². The Balaban J connectivity index is 3.08. The van der Waals surface area contributed by atoms with Crippen LogP contribution in [0.2, 0.25) is 0 Å². The van der Waals surface area contributed by atoms with Crippen molar-refractivity contribution in [3.05, 3.63) is 28.8 Å². The van der Waals surface area contributed by atoms with E-state index in [1.807, 2.05) is 26.8 Å². The van der Waals surface area contributed by atoms with Crippen LogP contribution in [0.4, 0.5) is 0 Å². The van der Waals surface area contributed by atoms with E-state index in [0.29, 0.717) is 5.75 Å². The van der Waals surface area contributed by atoms with E-state index in [9.17, 15) is 8.76 Å². The molecule has 1 aromatic rings. The van der Waals surface area contributed by atoms with Crippen LogP contribution in [0.25, 0.3) is 0 Å². The molecule has 1 unspecified atom stereocenters. The Kier molecular flexibility index (Phi) is 3.06. The predicted octanol–water partition coefficient (Wildman–Crippen LogP) is 1.78. The summed E-state index contributed by atoms with van der Waals surface area (Å²) in [7, 11) is 0. The van der Waals surface area contributed by atoms with Gasteiger partial charge in [-0.15, -0.1) is 0 Å². The molecular weight excluding hydrogens is 188 g/mol. The fraction of sp³-hybridized carbons (Fsp3) is 0.333. The van der Waals surface area contributed by atoms with Gasteiger partial charge in [-0.25, -0.2) is 4.21 Å². The van der Waals surface area contributed by atoms with E-state index in [1.54, 1.807) is 6.07 Å². The molecule has 72 valence electrons. The maximum atomic E-state index is 10.3. The van der Waals surface area contributed by atoms with Crippen LogP contribution in [0.15, 0.2) is 12.1 Å². The van der Waals surface area contributed by atoms with E-state index in [1.165, 1.54) is 0 Å². The molecule has 0 aliphatic carbocycles. The molecule has 0 aliphatic rings. The summed E-state index contributed by atoms with van der Waals surface area (Å²) in [6, 6.07) is 3.62. The SMILES string of the molecule is Cc1cc(C)c(OS(=O)[O-])cc1C. The Bertz CT molecular complexity index is 347. The van der Waals surface area contributed by atoms with Crippen LogP contribution >= 0.6 is 0 Å². The molecule has 1 atom stereocenters. The minimum absolute atomic E-state index is 0.399. The normalized spacial score (nSPS) is 12.6. The van der Waals surface area contributed by atoms with Crippen molar-refractivity contribution in [2.75, 3.05) is 0 Å². The highest BCUT2D eigenvalue weighted by atomic mass is 32.2. The third-order valence-corrected chi connectivity index (χ3v) is 2.26. The first-order chi connectivity index (χ1) is 6.00. The Labute approximate surface area is 80.2 Å². The van der Waals surface area contributed by atoms with Gasteiger partial charge in [0.05, 0.1) is 0 Å². The summed E-state index contributed by atoms with van der Waals surface area (Å²) in [5.74, 6) is 0.399. The molecule has 3 nitrogen and oxygen atoms in total. The van der Waals surface area contributed by atoms with Gasteiger partial charge in [-0.2, -0.15) is 0 Å². The summed E-state index contributed by atoms with van der Waals surface area (Å²) in [6.45, 7) is 5.70. The van der Waals surface area contributed by atoms with Crippen molar-refractivity contribution in [3.63, 3.8) is 0 Å². The Morgan fingerprint density at radius 3 is 2.23 bits per heavy atom. The van der Waals surface area contributed by atoms with Gasteiger partial charge in [0.15, 0.2) is 0 Å². The van der Waals surface area contributed by atoms with Gasteiger partial charge in [0, 0.05) is 0 Å². The van der Waals surface area contributed by atoms with Crippen molar-refractivity contribution in [1.29, 1.82) is 0 Å². The lowest BCUT2D eigenvalue weighted by molar-refractivity contribution is 0.439. The number of rotatable bonds is 2. The number of benzene rings is 1. The number of hydrogen-bond donors (Lipinski definition) is 0. The second kappa shape index (κ2) is 3.89. The third-order valence-electron chi connectivity index (χ3n) is 1.95. The lowest BCUT2D eigenvalue weighted by Gasteiger charge is -2.11. The summed E-state index contributed by atoms with van der Waals surface area (Å²) in [5, 5.41) is 0. The highest BCUT2D eigenvalue weighted by Gasteiger charge is 2.02. The Morgan fingerprint density at radius 1 is 1.15 bits per heavy atom. The third kappa shape index (κ3) is 2.54. The first-order valence-corrected chi connectivity index (χ1v) is 4.86. The fourth-order valence-corrected chi connectivity index (χ4v) is 1.42. The minimum Gasteiger partial charge on any atom is -0.740 e. The first kappa shape index (κ1) is 10.2. The van der Waals surface area contributed by atoms with Gasteiger partial charge >= 0.3 is 0 Å². The summed E-state index contributed by atoms with van der Waals surface area (Å²) in [6.07, 6.45) is 0. The van der Waals surface area contributed by atoms with Crippen molar-refractivity contribution in [1.82, 2.24) is 0 Å². The van der Waals surface area contributed by atoms with E-state index in [4.69, 9.17) is 0 Å². The molecule has 1 aromatic carbocycles. The lowest BCUT2D eigenvalue weighted by Crippen LogP contribution is -2.00. The van der Waals surface area contributed by atoms with Gasteiger partial charge in [-0.3, -0.25) is 0 Å². The van der Waals surface area contributed by atoms with Gasteiger partial charge in [0.25, 0.3) is 0 Å². The largest absolute Gasteiger partial charge is 0.740 e. The van der Waals surface area contributed by atoms with Crippen LogP contribution in [0, 0.1) is 20.8 Å². The van der Waals surface area contributed by atoms with Crippen LogP contribution < -0.4 is 4.18 Å². The molecule has 0 radical (unpaired) electrons. The van der Waals surface area contributed by atoms with Gasteiger partial charge in [-0.05, 0) is 43.5 Å². The van der Waals surface area contributed by atoms with Gasteiger partial charge in [0.2, 0.25) is 0 Å². The van der Waals surface area contributed by atoms with E-state index < -0.39 is 11.4 Å². The molecule has 0 heterocycles. The zero-order valence-corrected chi connectivity index (χ0v) is 8.60. The fourth-order valence-electron chi connectivity index (χ4n) is 1.10. The van der Waals surface area contributed by atoms with E-state index in [2.05, 4.69) is 4.18 Å². The molecule has 0 saturated heterocycles. The lowest BCUT2D eigenvalue weighted by atomic mass is 10.1. The predicted molar refractivity (Wildman–Crippen MR) is 50.2 cm³/mol. The van der Waals surface area contributed by atoms with Crippen molar-refractivity contribution in [3.8, 4) is 5.75 Å². The first-order valence-electron chi connectivity index (χ1n) is 3.86. The maximum absolute atomic E-state index is 10.3. The smallest absolute Gasteiger partial charge is 0.142 e. The summed E-state index contributed by atoms with van der Waals surface area (Å²) >= 11 is -2.49. The van der Waals surface area contributed by atoms with Crippen LogP contribution in [-0.2, 0) is 11.4 Å². The van der Waals surface area contributed by atoms with Crippen molar-refractivity contribution >= 4 is 11.4 Å². The molecule has 0 bridgehead atoms. The average Bonchev–Trinajstić information content (AvgIpc) is 1.99. The van der Waals surface area contributed by atoms with Crippen LogP contribution in [0.5, 0.6) is 5.75 Å². The molecule has 13 heavy (non-hydrogen) atoms. The number of aryl methyl sites for hydroxylation is 3. The molecule has 0 N–H and O–H groups in total. The molecule has 0 aliphatic heterocycles. The average molecular weight is 199 g/mol. The highest BCUT2D eigenvalue weighted by molar-refractivity contribution is 7.74. The van der Waals surface area contributed by atoms with Crippen molar-refractivity contribution in [2.45, 2.75) is 20.8 Å². The Morgan fingerprint density at radius 2 is 1.69 bits per heavy atom. The van der Waals surface area contributed by atoms with Gasteiger partial charge in [0.1, 0.15) is 17.1 Å². The molecule has 0 spiro atoms. The molecule has 4 heteroatoms. The summed E-state index contributed by atoms with van der Waals surface area (Å²) in [5.41, 5.74) is 2.97. The van der Waals surface area contributed by atoms with Crippen molar-refractivity contribution in [2.24, 2.45) is 0 Å². The highest BCUT2D eigenvalue weighted by Crippen LogP contribution is 2.22. The van der Waals surface area contributed by atoms with E-state index in [0.717, 1.165) is 16.7 Å². The van der Waals surface area contributed by atoms with E-state index >= 15 is 0 Å².